The second kappa shape index (κ2) is 7.38. The van der Waals surface area contributed by atoms with Gasteiger partial charge in [-0.25, -0.2) is 4.79 Å². The van der Waals surface area contributed by atoms with Crippen LogP contribution in [0.4, 0.5) is 10.5 Å². The summed E-state index contributed by atoms with van der Waals surface area (Å²) in [6.07, 6.45) is 0. The van der Waals surface area contributed by atoms with Crippen LogP contribution in [0.15, 0.2) is 24.3 Å². The highest BCUT2D eigenvalue weighted by atomic mass is 16.4. The first-order valence-corrected chi connectivity index (χ1v) is 6.04. The molecule has 0 aromatic heterocycles. The highest BCUT2D eigenvalue weighted by Gasteiger charge is 2.12. The van der Waals surface area contributed by atoms with Crippen molar-refractivity contribution in [3.8, 4) is 0 Å². The van der Waals surface area contributed by atoms with E-state index in [1.807, 2.05) is 25.2 Å². The summed E-state index contributed by atoms with van der Waals surface area (Å²) in [5.74, 6) is -1.55. The SMILES string of the molecule is CNCc1ccccc1NC(=O)NCC(C)C(=O)O. The zero-order valence-electron chi connectivity index (χ0n) is 11.1. The van der Waals surface area contributed by atoms with E-state index in [1.54, 1.807) is 6.07 Å². The normalized spacial score (nSPS) is 11.7. The summed E-state index contributed by atoms with van der Waals surface area (Å²) in [5, 5.41) is 17.0. The van der Waals surface area contributed by atoms with Crippen molar-refractivity contribution in [1.29, 1.82) is 0 Å². The molecular formula is C13H19N3O3. The average molecular weight is 265 g/mol. The predicted octanol–water partition coefficient (Wildman–Crippen LogP) is 1.25. The van der Waals surface area contributed by atoms with E-state index >= 15 is 0 Å². The molecule has 0 bridgehead atoms. The lowest BCUT2D eigenvalue weighted by atomic mass is 10.2. The topological polar surface area (TPSA) is 90.5 Å². The molecule has 0 aliphatic heterocycles. The maximum atomic E-state index is 11.7. The first-order chi connectivity index (χ1) is 9.04. The lowest BCUT2D eigenvalue weighted by molar-refractivity contribution is -0.140. The number of carbonyl (C=O) groups is 2. The van der Waals surface area contributed by atoms with Gasteiger partial charge >= 0.3 is 12.0 Å². The number of carboxylic acid groups (broad SMARTS) is 1. The van der Waals surface area contributed by atoms with Gasteiger partial charge in [0.25, 0.3) is 0 Å². The van der Waals surface area contributed by atoms with E-state index in [4.69, 9.17) is 5.11 Å². The molecule has 1 unspecified atom stereocenters. The fourth-order valence-electron chi connectivity index (χ4n) is 1.49. The van der Waals surface area contributed by atoms with E-state index in [0.29, 0.717) is 12.2 Å². The van der Waals surface area contributed by atoms with Gasteiger partial charge in [0, 0.05) is 18.8 Å². The third-order valence-corrected chi connectivity index (χ3v) is 2.62. The third-order valence-electron chi connectivity index (χ3n) is 2.62. The van der Waals surface area contributed by atoms with Gasteiger partial charge < -0.3 is 21.1 Å². The van der Waals surface area contributed by atoms with Crippen molar-refractivity contribution < 1.29 is 14.7 Å². The minimum Gasteiger partial charge on any atom is -0.481 e. The Kier molecular flexibility index (Phi) is 5.81. The molecule has 1 aromatic rings. The van der Waals surface area contributed by atoms with Gasteiger partial charge in [-0.1, -0.05) is 25.1 Å². The van der Waals surface area contributed by atoms with Gasteiger partial charge in [0.1, 0.15) is 0 Å². The molecule has 0 saturated carbocycles. The van der Waals surface area contributed by atoms with Crippen LogP contribution >= 0.6 is 0 Å². The van der Waals surface area contributed by atoms with Crippen LogP contribution in [0, 0.1) is 5.92 Å². The number of urea groups is 1. The lowest BCUT2D eigenvalue weighted by Gasteiger charge is -2.12. The number of benzene rings is 1. The second-order valence-electron chi connectivity index (χ2n) is 4.26. The van der Waals surface area contributed by atoms with Crippen molar-refractivity contribution >= 4 is 17.7 Å². The average Bonchev–Trinajstić information content (AvgIpc) is 2.38. The first-order valence-electron chi connectivity index (χ1n) is 6.04. The number of nitrogens with one attached hydrogen (secondary N) is 3. The van der Waals surface area contributed by atoms with Crippen LogP contribution in [0.25, 0.3) is 0 Å². The number of rotatable bonds is 6. The quantitative estimate of drug-likeness (QED) is 0.623. The van der Waals surface area contributed by atoms with Crippen LogP contribution in [0.1, 0.15) is 12.5 Å². The molecule has 2 amide bonds. The number of amides is 2. The Labute approximate surface area is 112 Å². The van der Waals surface area contributed by atoms with Gasteiger partial charge in [-0.2, -0.15) is 0 Å². The highest BCUT2D eigenvalue weighted by molar-refractivity contribution is 5.90. The van der Waals surface area contributed by atoms with Gasteiger partial charge in [0.15, 0.2) is 0 Å². The molecule has 0 aliphatic rings. The van der Waals surface area contributed by atoms with E-state index in [2.05, 4.69) is 16.0 Å². The van der Waals surface area contributed by atoms with Gasteiger partial charge in [-0.05, 0) is 18.7 Å². The number of carbonyl (C=O) groups excluding carboxylic acids is 1. The monoisotopic (exact) mass is 265 g/mol. The first kappa shape index (κ1) is 15.0. The summed E-state index contributed by atoms with van der Waals surface area (Å²) in [6.45, 7) is 2.27. The molecule has 1 aromatic carbocycles. The molecule has 4 N–H and O–H groups in total. The molecule has 0 spiro atoms. The van der Waals surface area contributed by atoms with Crippen LogP contribution in [0.2, 0.25) is 0 Å². The van der Waals surface area contributed by atoms with E-state index < -0.39 is 17.9 Å². The molecule has 0 fully saturated rings. The summed E-state index contributed by atoms with van der Waals surface area (Å²) in [5.41, 5.74) is 1.67. The summed E-state index contributed by atoms with van der Waals surface area (Å²) < 4.78 is 0. The summed E-state index contributed by atoms with van der Waals surface area (Å²) >= 11 is 0. The van der Waals surface area contributed by atoms with Crippen molar-refractivity contribution in [2.45, 2.75) is 13.5 Å². The maximum Gasteiger partial charge on any atom is 0.319 e. The van der Waals surface area contributed by atoms with Gasteiger partial charge in [0.05, 0.1) is 5.92 Å². The fraction of sp³-hybridized carbons (Fsp3) is 0.385. The van der Waals surface area contributed by atoms with Crippen molar-refractivity contribution in [2.24, 2.45) is 5.92 Å². The number of hydrogen-bond acceptors (Lipinski definition) is 3. The number of hydrogen-bond donors (Lipinski definition) is 4. The molecule has 0 radical (unpaired) electrons. The fourth-order valence-corrected chi connectivity index (χ4v) is 1.49. The van der Waals surface area contributed by atoms with Crippen LogP contribution in [-0.4, -0.2) is 30.7 Å². The Balaban J connectivity index is 2.55. The van der Waals surface area contributed by atoms with Crippen LogP contribution in [0.3, 0.4) is 0 Å². The smallest absolute Gasteiger partial charge is 0.319 e. The molecule has 19 heavy (non-hydrogen) atoms. The molecule has 0 saturated heterocycles. The molecule has 1 rings (SSSR count). The molecule has 0 aliphatic carbocycles. The Hall–Kier alpha value is -2.08. The number of aliphatic carboxylic acids is 1. The summed E-state index contributed by atoms with van der Waals surface area (Å²) in [6, 6.07) is 7.02. The Morgan fingerprint density at radius 1 is 1.32 bits per heavy atom. The number of carboxylic acids is 1. The van der Waals surface area contributed by atoms with E-state index in [-0.39, 0.29) is 6.54 Å². The summed E-state index contributed by atoms with van der Waals surface area (Å²) in [7, 11) is 1.82. The highest BCUT2D eigenvalue weighted by Crippen LogP contribution is 2.14. The van der Waals surface area contributed by atoms with Crippen LogP contribution in [0.5, 0.6) is 0 Å². The molecule has 6 nitrogen and oxygen atoms in total. The van der Waals surface area contributed by atoms with Crippen LogP contribution in [-0.2, 0) is 11.3 Å². The predicted molar refractivity (Wildman–Crippen MR) is 73.0 cm³/mol. The van der Waals surface area contributed by atoms with E-state index in [1.165, 1.54) is 6.92 Å². The second-order valence-corrected chi connectivity index (χ2v) is 4.26. The van der Waals surface area contributed by atoms with Gasteiger partial charge in [-0.15, -0.1) is 0 Å². The Morgan fingerprint density at radius 2 is 2.00 bits per heavy atom. The summed E-state index contributed by atoms with van der Waals surface area (Å²) in [4.78, 5) is 22.3. The largest absolute Gasteiger partial charge is 0.481 e. The van der Waals surface area contributed by atoms with Crippen molar-refractivity contribution in [3.05, 3.63) is 29.8 Å². The van der Waals surface area contributed by atoms with Crippen molar-refractivity contribution in [1.82, 2.24) is 10.6 Å². The molecule has 1 atom stereocenters. The standard InChI is InChI=1S/C13H19N3O3/c1-9(12(17)18)7-15-13(19)16-11-6-4-3-5-10(11)8-14-2/h3-6,9,14H,7-8H2,1-2H3,(H,17,18)(H2,15,16,19). The molecule has 0 heterocycles. The zero-order chi connectivity index (χ0) is 14.3. The third kappa shape index (κ3) is 4.97. The number of para-hydroxylation sites is 1. The van der Waals surface area contributed by atoms with Gasteiger partial charge in [0.2, 0.25) is 0 Å². The molecule has 6 heteroatoms. The number of anilines is 1. The van der Waals surface area contributed by atoms with Crippen molar-refractivity contribution in [2.75, 3.05) is 18.9 Å². The van der Waals surface area contributed by atoms with E-state index in [0.717, 1.165) is 5.56 Å². The minimum absolute atomic E-state index is 0.0926. The van der Waals surface area contributed by atoms with Crippen molar-refractivity contribution in [3.63, 3.8) is 0 Å². The maximum absolute atomic E-state index is 11.7. The van der Waals surface area contributed by atoms with E-state index in [9.17, 15) is 9.59 Å². The zero-order valence-corrected chi connectivity index (χ0v) is 11.1. The van der Waals surface area contributed by atoms with Gasteiger partial charge in [-0.3, -0.25) is 4.79 Å². The minimum atomic E-state index is -0.934. The Morgan fingerprint density at radius 3 is 2.63 bits per heavy atom. The Bertz CT molecular complexity index is 449. The molecular weight excluding hydrogens is 246 g/mol. The van der Waals surface area contributed by atoms with Crippen LogP contribution < -0.4 is 16.0 Å². The molecule has 104 valence electrons. The lowest BCUT2D eigenvalue weighted by Crippen LogP contribution is -2.34.